The molecule has 4 N–H and O–H groups in total. The maximum Gasteiger partial charge on any atom is 0.408 e. The summed E-state index contributed by atoms with van der Waals surface area (Å²) in [6.07, 6.45) is 13.4. The van der Waals surface area contributed by atoms with E-state index < -0.39 is 35.2 Å². The summed E-state index contributed by atoms with van der Waals surface area (Å²) >= 11 is 0. The van der Waals surface area contributed by atoms with E-state index in [0.717, 1.165) is 44.5 Å². The van der Waals surface area contributed by atoms with Gasteiger partial charge in [-0.2, -0.15) is 0 Å². The zero-order valence-electron chi connectivity index (χ0n) is 33.0. The van der Waals surface area contributed by atoms with Gasteiger partial charge in [-0.25, -0.2) is 19.2 Å². The molecule has 300 valence electrons. The Morgan fingerprint density at radius 3 is 1.12 bits per heavy atom. The van der Waals surface area contributed by atoms with Crippen LogP contribution >= 0.6 is 0 Å². The molecule has 2 aliphatic rings. The standard InChI is InChI=1S/2C24H25NO4/c2*1-3-4-5-10-15-24(2,22(26)27)25-23(28)29-16-21-19-13-8-6-11-17(19)18-12-7-9-14-20(18)21/h2*1,6-9,11-14,21H,4-5,10,15-16H2,2H3,(H,25,28)(H,26,27)/t2*24-/m10/s1. The molecule has 0 saturated carbocycles. The second-order valence-electron chi connectivity index (χ2n) is 15.0. The molecule has 58 heavy (non-hydrogen) atoms. The van der Waals surface area contributed by atoms with Gasteiger partial charge in [-0.05, 0) is 96.9 Å². The van der Waals surface area contributed by atoms with E-state index in [1.54, 1.807) is 0 Å². The lowest BCUT2D eigenvalue weighted by Crippen LogP contribution is -2.52. The molecule has 0 unspecified atom stereocenters. The second-order valence-corrected chi connectivity index (χ2v) is 15.0. The molecule has 4 aromatic rings. The quantitative estimate of drug-likeness (QED) is 0.0649. The largest absolute Gasteiger partial charge is 0.480 e. The number of carbonyl (C=O) groups excluding carboxylic acids is 2. The van der Waals surface area contributed by atoms with Gasteiger partial charge in [-0.15, -0.1) is 24.7 Å². The van der Waals surface area contributed by atoms with Gasteiger partial charge >= 0.3 is 24.1 Å². The lowest BCUT2D eigenvalue weighted by Gasteiger charge is -2.26. The Morgan fingerprint density at radius 1 is 0.552 bits per heavy atom. The molecule has 2 atom stereocenters. The molecular weight excluding hydrogens is 733 g/mol. The van der Waals surface area contributed by atoms with E-state index in [2.05, 4.69) is 46.7 Å². The average Bonchev–Trinajstić information content (AvgIpc) is 3.72. The van der Waals surface area contributed by atoms with Gasteiger partial charge < -0.3 is 30.3 Å². The van der Waals surface area contributed by atoms with Crippen LogP contribution in [0.4, 0.5) is 9.59 Å². The van der Waals surface area contributed by atoms with Gasteiger partial charge in [0.25, 0.3) is 0 Å². The number of terminal acetylenes is 2. The number of hydrogen-bond acceptors (Lipinski definition) is 6. The number of amides is 2. The molecule has 2 amide bonds. The molecule has 0 aromatic heterocycles. The number of alkyl carbamates (subject to hydrolysis) is 2. The number of ether oxygens (including phenoxy) is 2. The maximum absolute atomic E-state index is 12.4. The maximum atomic E-state index is 12.4. The van der Waals surface area contributed by atoms with Crippen molar-refractivity contribution in [3.8, 4) is 46.9 Å². The zero-order valence-corrected chi connectivity index (χ0v) is 33.0. The summed E-state index contributed by atoms with van der Waals surface area (Å²) < 4.78 is 10.9. The molecule has 6 rings (SSSR count). The Morgan fingerprint density at radius 2 is 0.845 bits per heavy atom. The Labute approximate surface area is 340 Å². The molecule has 10 heteroatoms. The number of carboxylic acids is 2. The van der Waals surface area contributed by atoms with Crippen molar-refractivity contribution in [1.29, 1.82) is 0 Å². The van der Waals surface area contributed by atoms with E-state index in [-0.39, 0.29) is 37.9 Å². The summed E-state index contributed by atoms with van der Waals surface area (Å²) in [7, 11) is 0. The first-order valence-electron chi connectivity index (χ1n) is 19.5. The number of unbranched alkanes of at least 4 members (excludes halogenated alkanes) is 4. The van der Waals surface area contributed by atoms with Gasteiger partial charge in [0, 0.05) is 24.7 Å². The second kappa shape index (κ2) is 19.6. The Hall–Kier alpha value is -6.52. The molecule has 0 aliphatic heterocycles. The zero-order chi connectivity index (χ0) is 41.7. The van der Waals surface area contributed by atoms with Crippen molar-refractivity contribution in [3.63, 3.8) is 0 Å². The highest BCUT2D eigenvalue weighted by Crippen LogP contribution is 2.45. The Balaban J connectivity index is 0.000000221. The lowest BCUT2D eigenvalue weighted by atomic mass is 9.94. The number of rotatable bonds is 16. The highest BCUT2D eigenvalue weighted by molar-refractivity contribution is 5.85. The molecule has 0 radical (unpaired) electrons. The summed E-state index contributed by atoms with van der Waals surface area (Å²) in [5.41, 5.74) is 6.21. The summed E-state index contributed by atoms with van der Waals surface area (Å²) in [5, 5.41) is 24.2. The van der Waals surface area contributed by atoms with Gasteiger partial charge in [-0.1, -0.05) is 97.1 Å². The summed E-state index contributed by atoms with van der Waals surface area (Å²) in [5.74, 6) is 2.74. The van der Waals surface area contributed by atoms with Crippen molar-refractivity contribution in [2.24, 2.45) is 0 Å². The van der Waals surface area contributed by atoms with Crippen LogP contribution in [0, 0.1) is 24.7 Å². The summed E-state index contributed by atoms with van der Waals surface area (Å²) in [6.45, 7) is 3.28. The third kappa shape index (κ3) is 10.1. The van der Waals surface area contributed by atoms with Crippen molar-refractivity contribution in [3.05, 3.63) is 119 Å². The van der Waals surface area contributed by atoms with Gasteiger partial charge in [0.1, 0.15) is 24.3 Å². The van der Waals surface area contributed by atoms with Crippen molar-refractivity contribution in [2.45, 2.75) is 88.1 Å². The predicted octanol–water partition coefficient (Wildman–Crippen LogP) is 9.12. The van der Waals surface area contributed by atoms with E-state index in [0.29, 0.717) is 38.5 Å². The van der Waals surface area contributed by atoms with Crippen LogP contribution in [0.3, 0.4) is 0 Å². The Bertz CT molecular complexity index is 1960. The van der Waals surface area contributed by atoms with Gasteiger partial charge in [0.2, 0.25) is 0 Å². The molecule has 2 aliphatic carbocycles. The van der Waals surface area contributed by atoms with Gasteiger partial charge in [-0.3, -0.25) is 0 Å². The summed E-state index contributed by atoms with van der Waals surface area (Å²) in [4.78, 5) is 48.2. The van der Waals surface area contributed by atoms with Crippen molar-refractivity contribution in [2.75, 3.05) is 13.2 Å². The van der Waals surface area contributed by atoms with E-state index in [4.69, 9.17) is 22.3 Å². The third-order valence-electron chi connectivity index (χ3n) is 10.9. The number of nitrogens with one attached hydrogen (secondary N) is 2. The van der Waals surface area contributed by atoms with Crippen molar-refractivity contribution < 1.29 is 38.9 Å². The number of benzene rings is 4. The molecule has 4 aromatic carbocycles. The van der Waals surface area contributed by atoms with E-state index in [1.807, 2.05) is 72.8 Å². The predicted molar refractivity (Wildman–Crippen MR) is 223 cm³/mol. The minimum Gasteiger partial charge on any atom is -0.480 e. The molecule has 0 bridgehead atoms. The van der Waals surface area contributed by atoms with E-state index >= 15 is 0 Å². The van der Waals surface area contributed by atoms with Crippen LogP contribution in [0.2, 0.25) is 0 Å². The molecule has 10 nitrogen and oxygen atoms in total. The molecule has 0 heterocycles. The van der Waals surface area contributed by atoms with Crippen LogP contribution in [-0.4, -0.2) is 58.6 Å². The third-order valence-corrected chi connectivity index (χ3v) is 10.9. The minimum atomic E-state index is -1.39. The fourth-order valence-electron chi connectivity index (χ4n) is 7.58. The first-order chi connectivity index (χ1) is 27.9. The molecule has 0 spiro atoms. The number of carbonyl (C=O) groups is 4. The molecule has 0 saturated heterocycles. The fourth-order valence-corrected chi connectivity index (χ4v) is 7.58. The topological polar surface area (TPSA) is 151 Å². The fraction of sp³-hybridized carbons (Fsp3) is 0.333. The van der Waals surface area contributed by atoms with Gasteiger partial charge in [0.15, 0.2) is 0 Å². The monoisotopic (exact) mass is 782 g/mol. The first-order valence-corrected chi connectivity index (χ1v) is 19.5. The molecular formula is C48H50N2O8. The van der Waals surface area contributed by atoms with Crippen LogP contribution in [0.5, 0.6) is 0 Å². The van der Waals surface area contributed by atoms with Crippen LogP contribution < -0.4 is 10.6 Å². The highest BCUT2D eigenvalue weighted by Gasteiger charge is 2.37. The highest BCUT2D eigenvalue weighted by atomic mass is 16.6. The smallest absolute Gasteiger partial charge is 0.408 e. The van der Waals surface area contributed by atoms with Crippen LogP contribution in [-0.2, 0) is 19.1 Å². The lowest BCUT2D eigenvalue weighted by molar-refractivity contribution is -0.145. The van der Waals surface area contributed by atoms with Crippen LogP contribution in [0.25, 0.3) is 22.3 Å². The van der Waals surface area contributed by atoms with E-state index in [9.17, 15) is 29.4 Å². The number of hydrogen-bond donors (Lipinski definition) is 4. The SMILES string of the molecule is C#CCCCC[C@@](C)(NC(=O)OCC1c2ccccc2-c2ccccc21)C(=O)O.C#CCCCC[C@](C)(NC(=O)OCC1c2ccccc2-c2ccccc21)C(=O)O. The molecule has 0 fully saturated rings. The Kier molecular flexibility index (Phi) is 14.4. The number of carboxylic acid groups (broad SMARTS) is 2. The van der Waals surface area contributed by atoms with Crippen molar-refractivity contribution >= 4 is 24.1 Å². The minimum absolute atomic E-state index is 0.0696. The summed E-state index contributed by atoms with van der Waals surface area (Å²) in [6, 6.07) is 32.2. The van der Waals surface area contributed by atoms with Gasteiger partial charge in [0.05, 0.1) is 0 Å². The van der Waals surface area contributed by atoms with Crippen molar-refractivity contribution in [1.82, 2.24) is 10.6 Å². The van der Waals surface area contributed by atoms with E-state index in [1.165, 1.54) is 13.8 Å². The number of aliphatic carboxylic acids is 2. The average molecular weight is 783 g/mol. The van der Waals surface area contributed by atoms with Crippen LogP contribution in [0.1, 0.15) is 99.3 Å². The normalized spacial score (nSPS) is 14.2. The first kappa shape index (κ1) is 42.6. The van der Waals surface area contributed by atoms with Crippen LogP contribution in [0.15, 0.2) is 97.1 Å². The number of fused-ring (bicyclic) bond motifs is 6.